The van der Waals surface area contributed by atoms with Crippen molar-refractivity contribution in [2.45, 2.75) is 38.5 Å². The molecule has 1 aromatic heterocycles. The highest BCUT2D eigenvalue weighted by atomic mass is 16.5. The van der Waals surface area contributed by atoms with Gasteiger partial charge in [0.15, 0.2) is 6.10 Å². The molecule has 1 amide bonds. The van der Waals surface area contributed by atoms with Crippen molar-refractivity contribution in [2.75, 3.05) is 5.32 Å². The number of aryl methyl sites for hydroxylation is 1. The first-order valence-electron chi connectivity index (χ1n) is 8.78. The van der Waals surface area contributed by atoms with Crippen LogP contribution in [0, 0.1) is 0 Å². The number of ether oxygens (including phenoxy) is 1. The number of para-hydroxylation sites is 1. The summed E-state index contributed by atoms with van der Waals surface area (Å²) in [5.74, 6) is -1.32. The highest BCUT2D eigenvalue weighted by Crippen LogP contribution is 2.31. The maximum Gasteiger partial charge on any atom is 0.332 e. The van der Waals surface area contributed by atoms with E-state index in [9.17, 15) is 9.59 Å². The molecule has 2 atom stereocenters. The second-order valence-electron chi connectivity index (χ2n) is 6.51. The molecule has 6 nitrogen and oxygen atoms in total. The third kappa shape index (κ3) is 2.72. The van der Waals surface area contributed by atoms with Gasteiger partial charge in [-0.3, -0.25) is 4.79 Å². The van der Waals surface area contributed by atoms with Crippen LogP contribution in [-0.2, 0) is 20.9 Å². The van der Waals surface area contributed by atoms with Crippen molar-refractivity contribution < 1.29 is 19.4 Å². The summed E-state index contributed by atoms with van der Waals surface area (Å²) < 4.78 is 7.56. The fraction of sp³-hybridized carbons (Fsp3) is 0.300. The van der Waals surface area contributed by atoms with E-state index < -0.39 is 18.2 Å². The number of anilines is 1. The molecule has 3 aromatic rings. The fourth-order valence-electron chi connectivity index (χ4n) is 3.71. The zero-order chi connectivity index (χ0) is 18.3. The maximum absolute atomic E-state index is 12.4. The monoisotopic (exact) mass is 352 g/mol. The number of nitrogens with zero attached hydrogens (tertiary/aromatic N) is 1. The molecule has 0 saturated carbocycles. The van der Waals surface area contributed by atoms with E-state index in [1.807, 2.05) is 30.3 Å². The van der Waals surface area contributed by atoms with Crippen LogP contribution in [-0.4, -0.2) is 33.8 Å². The smallest absolute Gasteiger partial charge is 0.332 e. The van der Waals surface area contributed by atoms with Crippen LogP contribution in [0.1, 0.15) is 19.8 Å². The van der Waals surface area contributed by atoms with Gasteiger partial charge in [0.25, 0.3) is 5.91 Å². The SMILES string of the molecule is CCn1c2ccccc2c2cc(NC(=O)[C@@H]3CC[C@H](C(=O)O)O3)ccc21. The number of carboxylic acid groups (broad SMARTS) is 1. The van der Waals surface area contributed by atoms with Crippen LogP contribution in [0.25, 0.3) is 21.8 Å². The minimum Gasteiger partial charge on any atom is -0.479 e. The maximum atomic E-state index is 12.4. The minimum absolute atomic E-state index is 0.299. The molecule has 1 fully saturated rings. The standard InChI is InChI=1S/C20H20N2O4/c1-2-22-15-6-4-3-5-13(15)14-11-12(7-8-16(14)22)21-19(23)17-9-10-18(26-17)20(24)25/h3-8,11,17-18H,2,9-10H2,1H3,(H,21,23)(H,24,25)/t17-,18+/m0/s1. The zero-order valence-corrected chi connectivity index (χ0v) is 14.4. The van der Waals surface area contributed by atoms with Crippen LogP contribution in [0.5, 0.6) is 0 Å². The summed E-state index contributed by atoms with van der Waals surface area (Å²) in [6.07, 6.45) is -0.837. The van der Waals surface area contributed by atoms with Gasteiger partial charge in [0.1, 0.15) is 6.10 Å². The number of hydrogen-bond acceptors (Lipinski definition) is 3. The van der Waals surface area contributed by atoms with Gasteiger partial charge in [-0.05, 0) is 44.0 Å². The molecule has 26 heavy (non-hydrogen) atoms. The van der Waals surface area contributed by atoms with E-state index in [1.165, 1.54) is 0 Å². The first-order valence-corrected chi connectivity index (χ1v) is 8.78. The van der Waals surface area contributed by atoms with Gasteiger partial charge in [-0.2, -0.15) is 0 Å². The van der Waals surface area contributed by atoms with E-state index in [1.54, 1.807) is 0 Å². The first kappa shape index (κ1) is 16.6. The largest absolute Gasteiger partial charge is 0.479 e. The molecule has 0 radical (unpaired) electrons. The number of amides is 1. The number of benzene rings is 2. The molecule has 0 bridgehead atoms. The molecule has 2 N–H and O–H groups in total. The summed E-state index contributed by atoms with van der Waals surface area (Å²) in [7, 11) is 0. The lowest BCUT2D eigenvalue weighted by atomic mass is 10.1. The van der Waals surface area contributed by atoms with Crippen molar-refractivity contribution in [2.24, 2.45) is 0 Å². The van der Waals surface area contributed by atoms with Gasteiger partial charge in [0.05, 0.1) is 0 Å². The lowest BCUT2D eigenvalue weighted by molar-refractivity contribution is -0.150. The van der Waals surface area contributed by atoms with Crippen molar-refractivity contribution in [1.82, 2.24) is 4.57 Å². The van der Waals surface area contributed by atoms with Gasteiger partial charge in [-0.25, -0.2) is 4.79 Å². The number of hydrogen-bond donors (Lipinski definition) is 2. The quantitative estimate of drug-likeness (QED) is 0.754. The summed E-state index contributed by atoms with van der Waals surface area (Å²) in [6, 6.07) is 14.0. The van der Waals surface area contributed by atoms with Crippen molar-refractivity contribution in [1.29, 1.82) is 0 Å². The molecule has 2 aromatic carbocycles. The van der Waals surface area contributed by atoms with E-state index in [0.717, 1.165) is 28.4 Å². The van der Waals surface area contributed by atoms with Crippen molar-refractivity contribution >= 4 is 39.4 Å². The number of carbonyl (C=O) groups excluding carboxylic acids is 1. The first-order chi connectivity index (χ1) is 12.6. The normalized spacial score (nSPS) is 19.9. The molecule has 0 spiro atoms. The number of nitrogens with one attached hydrogen (secondary N) is 1. The van der Waals surface area contributed by atoms with Gasteiger partial charge < -0.3 is 19.7 Å². The molecule has 134 valence electrons. The van der Waals surface area contributed by atoms with Crippen LogP contribution in [0.15, 0.2) is 42.5 Å². The number of fused-ring (bicyclic) bond motifs is 3. The van der Waals surface area contributed by atoms with Gasteiger partial charge in [-0.1, -0.05) is 18.2 Å². The Labute approximate surface area is 150 Å². The average molecular weight is 352 g/mol. The summed E-state index contributed by atoms with van der Waals surface area (Å²) in [6.45, 7) is 2.97. The third-order valence-corrected chi connectivity index (χ3v) is 4.94. The van der Waals surface area contributed by atoms with E-state index >= 15 is 0 Å². The zero-order valence-electron chi connectivity index (χ0n) is 14.4. The summed E-state index contributed by atoms with van der Waals surface area (Å²) in [5, 5.41) is 14.1. The number of carboxylic acids is 1. The Morgan fingerprint density at radius 3 is 2.58 bits per heavy atom. The van der Waals surface area contributed by atoms with Crippen molar-refractivity contribution in [3.05, 3.63) is 42.5 Å². The molecule has 1 aliphatic rings. The Kier molecular flexibility index (Phi) is 4.12. The molecule has 0 unspecified atom stereocenters. The third-order valence-electron chi connectivity index (χ3n) is 4.94. The number of aliphatic carboxylic acids is 1. The Hall–Kier alpha value is -2.86. The second-order valence-corrected chi connectivity index (χ2v) is 6.51. The van der Waals surface area contributed by atoms with E-state index in [2.05, 4.69) is 28.9 Å². The molecule has 0 aliphatic carbocycles. The second kappa shape index (κ2) is 6.46. The predicted octanol–water partition coefficient (Wildman–Crippen LogP) is 3.39. The molecule has 2 heterocycles. The van der Waals surface area contributed by atoms with Gasteiger partial charge in [0.2, 0.25) is 0 Å². The Morgan fingerprint density at radius 1 is 1.12 bits per heavy atom. The molecule has 4 rings (SSSR count). The predicted molar refractivity (Wildman–Crippen MR) is 99.3 cm³/mol. The summed E-state index contributed by atoms with van der Waals surface area (Å²) in [4.78, 5) is 23.4. The summed E-state index contributed by atoms with van der Waals surface area (Å²) in [5.41, 5.74) is 2.97. The van der Waals surface area contributed by atoms with Gasteiger partial charge in [-0.15, -0.1) is 0 Å². The highest BCUT2D eigenvalue weighted by molar-refractivity contribution is 6.10. The van der Waals surface area contributed by atoms with Crippen LogP contribution in [0.4, 0.5) is 5.69 Å². The van der Waals surface area contributed by atoms with Gasteiger partial charge in [0, 0.05) is 34.0 Å². The van der Waals surface area contributed by atoms with Crippen LogP contribution < -0.4 is 5.32 Å². The van der Waals surface area contributed by atoms with Crippen LogP contribution >= 0.6 is 0 Å². The molecular weight excluding hydrogens is 332 g/mol. The molecular formula is C20H20N2O4. The Bertz CT molecular complexity index is 1010. The van der Waals surface area contributed by atoms with Crippen molar-refractivity contribution in [3.8, 4) is 0 Å². The number of aromatic nitrogens is 1. The topological polar surface area (TPSA) is 80.6 Å². The van der Waals surface area contributed by atoms with E-state index in [4.69, 9.17) is 9.84 Å². The lowest BCUT2D eigenvalue weighted by Gasteiger charge is -2.12. The Balaban J connectivity index is 1.63. The molecule has 1 saturated heterocycles. The van der Waals surface area contributed by atoms with Crippen LogP contribution in [0.2, 0.25) is 0 Å². The van der Waals surface area contributed by atoms with Gasteiger partial charge >= 0.3 is 5.97 Å². The average Bonchev–Trinajstić information content (AvgIpc) is 3.25. The van der Waals surface area contributed by atoms with Crippen molar-refractivity contribution in [3.63, 3.8) is 0 Å². The molecule has 6 heteroatoms. The summed E-state index contributed by atoms with van der Waals surface area (Å²) >= 11 is 0. The minimum atomic E-state index is -1.02. The molecule has 1 aliphatic heterocycles. The highest BCUT2D eigenvalue weighted by Gasteiger charge is 2.34. The number of carbonyl (C=O) groups is 2. The fourth-order valence-corrected chi connectivity index (χ4v) is 3.71. The lowest BCUT2D eigenvalue weighted by Crippen LogP contribution is -2.29. The number of rotatable bonds is 4. The van der Waals surface area contributed by atoms with Crippen LogP contribution in [0.3, 0.4) is 0 Å². The Morgan fingerprint density at radius 2 is 1.85 bits per heavy atom. The van der Waals surface area contributed by atoms with E-state index in [0.29, 0.717) is 18.5 Å². The van der Waals surface area contributed by atoms with E-state index in [-0.39, 0.29) is 5.91 Å².